The highest BCUT2D eigenvalue weighted by molar-refractivity contribution is 5.95. The molecule has 22 heavy (non-hydrogen) atoms. The minimum atomic E-state index is -0.450. The van der Waals surface area contributed by atoms with E-state index in [9.17, 15) is 9.59 Å². The molecule has 0 aliphatic carbocycles. The summed E-state index contributed by atoms with van der Waals surface area (Å²) in [7, 11) is 0. The Balaban J connectivity index is 2.18. The molecule has 6 nitrogen and oxygen atoms in total. The SMILES string of the molecule is CC(=O)Oc1ccc(C(C)=O)cc1-n1nc2ccccc2n1. The van der Waals surface area contributed by atoms with Crippen LogP contribution in [0.1, 0.15) is 24.2 Å². The number of carbonyl (C=O) groups is 2. The zero-order valence-electron chi connectivity index (χ0n) is 12.1. The van der Waals surface area contributed by atoms with Gasteiger partial charge in [0.1, 0.15) is 16.7 Å². The van der Waals surface area contributed by atoms with E-state index in [0.717, 1.165) is 0 Å². The van der Waals surface area contributed by atoms with Gasteiger partial charge >= 0.3 is 5.97 Å². The van der Waals surface area contributed by atoms with Gasteiger partial charge in [-0.3, -0.25) is 9.59 Å². The van der Waals surface area contributed by atoms with E-state index in [4.69, 9.17) is 4.74 Å². The molecule has 0 aliphatic rings. The van der Waals surface area contributed by atoms with Gasteiger partial charge in [-0.1, -0.05) is 12.1 Å². The molecule has 0 N–H and O–H groups in total. The fraction of sp³-hybridized carbons (Fsp3) is 0.125. The predicted molar refractivity (Wildman–Crippen MR) is 80.2 cm³/mol. The van der Waals surface area contributed by atoms with Crippen LogP contribution in [-0.4, -0.2) is 26.7 Å². The normalized spacial score (nSPS) is 10.6. The first-order valence-corrected chi connectivity index (χ1v) is 6.70. The Labute approximate surface area is 126 Å². The van der Waals surface area contributed by atoms with E-state index in [1.807, 2.05) is 24.3 Å². The summed E-state index contributed by atoms with van der Waals surface area (Å²) in [6.45, 7) is 2.79. The molecule has 3 rings (SSSR count). The summed E-state index contributed by atoms with van der Waals surface area (Å²) >= 11 is 0. The number of nitrogens with zero attached hydrogens (tertiary/aromatic N) is 3. The van der Waals surface area contributed by atoms with Crippen molar-refractivity contribution in [3.8, 4) is 11.4 Å². The first-order chi connectivity index (χ1) is 10.5. The van der Waals surface area contributed by atoms with Crippen LogP contribution < -0.4 is 4.74 Å². The minimum Gasteiger partial charge on any atom is -0.424 e. The zero-order valence-corrected chi connectivity index (χ0v) is 12.1. The van der Waals surface area contributed by atoms with Gasteiger partial charge in [0.2, 0.25) is 0 Å². The number of Topliss-reactive ketones (excluding diaryl/α,β-unsaturated/α-hetero) is 1. The Morgan fingerprint density at radius 2 is 1.64 bits per heavy atom. The van der Waals surface area contributed by atoms with Crippen LogP contribution in [0, 0.1) is 0 Å². The quantitative estimate of drug-likeness (QED) is 0.422. The van der Waals surface area contributed by atoms with Gasteiger partial charge in [0.05, 0.1) is 0 Å². The number of hydrogen-bond acceptors (Lipinski definition) is 5. The molecule has 0 amide bonds. The van der Waals surface area contributed by atoms with Crippen molar-refractivity contribution in [2.24, 2.45) is 0 Å². The number of esters is 1. The van der Waals surface area contributed by atoms with Gasteiger partial charge in [0.15, 0.2) is 11.5 Å². The highest BCUT2D eigenvalue weighted by atomic mass is 16.5. The van der Waals surface area contributed by atoms with Gasteiger partial charge in [-0.05, 0) is 37.3 Å². The molecule has 3 aromatic rings. The lowest BCUT2D eigenvalue weighted by Gasteiger charge is -2.09. The van der Waals surface area contributed by atoms with Crippen LogP contribution in [0.4, 0.5) is 0 Å². The molecule has 110 valence electrons. The zero-order chi connectivity index (χ0) is 15.7. The third-order valence-electron chi connectivity index (χ3n) is 3.12. The molecular formula is C16H13N3O3. The van der Waals surface area contributed by atoms with Crippen LogP contribution in [0.5, 0.6) is 5.75 Å². The summed E-state index contributed by atoms with van der Waals surface area (Å²) in [6.07, 6.45) is 0. The number of hydrogen-bond donors (Lipinski definition) is 0. The third-order valence-corrected chi connectivity index (χ3v) is 3.12. The highest BCUT2D eigenvalue weighted by Gasteiger charge is 2.14. The largest absolute Gasteiger partial charge is 0.424 e. The van der Waals surface area contributed by atoms with Crippen molar-refractivity contribution in [3.05, 3.63) is 48.0 Å². The summed E-state index contributed by atoms with van der Waals surface area (Å²) in [5, 5.41) is 8.71. The maximum absolute atomic E-state index is 11.6. The second-order valence-electron chi connectivity index (χ2n) is 4.81. The first kappa shape index (κ1) is 13.9. The molecule has 0 spiro atoms. The van der Waals surface area contributed by atoms with Crippen molar-refractivity contribution in [1.29, 1.82) is 0 Å². The average molecular weight is 295 g/mol. The van der Waals surface area contributed by atoms with Crippen molar-refractivity contribution in [2.45, 2.75) is 13.8 Å². The fourth-order valence-electron chi connectivity index (χ4n) is 2.10. The predicted octanol–water partition coefficient (Wildman–Crippen LogP) is 2.55. The van der Waals surface area contributed by atoms with Gasteiger partial charge in [0, 0.05) is 12.5 Å². The van der Waals surface area contributed by atoms with Crippen LogP contribution in [0.15, 0.2) is 42.5 Å². The van der Waals surface area contributed by atoms with Gasteiger partial charge in [-0.2, -0.15) is 0 Å². The summed E-state index contributed by atoms with van der Waals surface area (Å²) in [5.41, 5.74) is 2.36. The van der Waals surface area contributed by atoms with Crippen molar-refractivity contribution in [1.82, 2.24) is 15.0 Å². The molecule has 0 saturated carbocycles. The van der Waals surface area contributed by atoms with Crippen LogP contribution in [-0.2, 0) is 4.79 Å². The molecule has 2 aromatic carbocycles. The number of rotatable bonds is 3. The van der Waals surface area contributed by atoms with Gasteiger partial charge < -0.3 is 4.74 Å². The van der Waals surface area contributed by atoms with E-state index in [0.29, 0.717) is 28.0 Å². The standard InChI is InChI=1S/C16H13N3O3/c1-10(20)12-7-8-16(22-11(2)21)15(9-12)19-17-13-5-3-4-6-14(13)18-19/h3-9H,1-2H3. The molecule has 0 atom stereocenters. The van der Waals surface area contributed by atoms with E-state index < -0.39 is 5.97 Å². The Morgan fingerprint density at radius 3 is 2.18 bits per heavy atom. The van der Waals surface area contributed by atoms with Crippen LogP contribution >= 0.6 is 0 Å². The highest BCUT2D eigenvalue weighted by Crippen LogP contribution is 2.25. The summed E-state index contributed by atoms with van der Waals surface area (Å²) < 4.78 is 5.18. The number of carbonyl (C=O) groups excluding carboxylic acids is 2. The average Bonchev–Trinajstić information content (AvgIpc) is 2.90. The number of aromatic nitrogens is 3. The van der Waals surface area contributed by atoms with E-state index >= 15 is 0 Å². The molecule has 0 aliphatic heterocycles. The molecule has 0 unspecified atom stereocenters. The molecule has 0 saturated heterocycles. The Hall–Kier alpha value is -3.02. The maximum Gasteiger partial charge on any atom is 0.308 e. The Bertz CT molecular complexity index is 850. The molecule has 0 bridgehead atoms. The lowest BCUT2D eigenvalue weighted by molar-refractivity contribution is -0.131. The maximum atomic E-state index is 11.6. The first-order valence-electron chi connectivity index (χ1n) is 6.70. The minimum absolute atomic E-state index is 0.0904. The summed E-state index contributed by atoms with van der Waals surface area (Å²) in [6, 6.07) is 12.2. The van der Waals surface area contributed by atoms with Crippen molar-refractivity contribution in [2.75, 3.05) is 0 Å². The van der Waals surface area contributed by atoms with Crippen LogP contribution in [0.2, 0.25) is 0 Å². The van der Waals surface area contributed by atoms with Gasteiger partial charge in [-0.15, -0.1) is 15.0 Å². The smallest absolute Gasteiger partial charge is 0.308 e. The Morgan fingerprint density at radius 1 is 1.00 bits per heavy atom. The lowest BCUT2D eigenvalue weighted by atomic mass is 10.1. The number of benzene rings is 2. The van der Waals surface area contributed by atoms with Gasteiger partial charge in [-0.25, -0.2) is 0 Å². The van der Waals surface area contributed by atoms with E-state index in [1.165, 1.54) is 18.6 Å². The number of fused-ring (bicyclic) bond motifs is 1. The molecule has 0 fully saturated rings. The molecule has 6 heteroatoms. The lowest BCUT2D eigenvalue weighted by Crippen LogP contribution is -2.08. The molecular weight excluding hydrogens is 282 g/mol. The van der Waals surface area contributed by atoms with Crippen molar-refractivity contribution in [3.63, 3.8) is 0 Å². The molecule has 1 heterocycles. The van der Waals surface area contributed by atoms with Crippen LogP contribution in [0.25, 0.3) is 16.7 Å². The summed E-state index contributed by atoms with van der Waals surface area (Å²) in [5.74, 6) is -0.237. The summed E-state index contributed by atoms with van der Waals surface area (Å²) in [4.78, 5) is 24.2. The van der Waals surface area contributed by atoms with Crippen LogP contribution in [0.3, 0.4) is 0 Å². The number of ketones is 1. The Kier molecular flexibility index (Phi) is 3.42. The second-order valence-corrected chi connectivity index (χ2v) is 4.81. The van der Waals surface area contributed by atoms with Gasteiger partial charge in [0.25, 0.3) is 0 Å². The number of ether oxygens (including phenoxy) is 1. The third kappa shape index (κ3) is 2.58. The monoisotopic (exact) mass is 295 g/mol. The van der Waals surface area contributed by atoms with E-state index in [2.05, 4.69) is 10.2 Å². The van der Waals surface area contributed by atoms with E-state index in [1.54, 1.807) is 18.2 Å². The fourth-order valence-corrected chi connectivity index (χ4v) is 2.10. The van der Waals surface area contributed by atoms with E-state index in [-0.39, 0.29) is 5.78 Å². The topological polar surface area (TPSA) is 74.1 Å². The second kappa shape index (κ2) is 5.40. The van der Waals surface area contributed by atoms with Crippen molar-refractivity contribution >= 4 is 22.8 Å². The molecule has 0 radical (unpaired) electrons. The van der Waals surface area contributed by atoms with Crippen molar-refractivity contribution < 1.29 is 14.3 Å². The molecule has 1 aromatic heterocycles.